The number of rotatable bonds is 11. The number of ether oxygens (including phenoxy) is 1. The van der Waals surface area contributed by atoms with Gasteiger partial charge in [-0.05, 0) is 53.8 Å². The van der Waals surface area contributed by atoms with Crippen molar-refractivity contribution in [2.75, 3.05) is 6.61 Å². The third-order valence-corrected chi connectivity index (χ3v) is 5.14. The lowest BCUT2D eigenvalue weighted by molar-refractivity contribution is 0.0505. The van der Waals surface area contributed by atoms with Crippen LogP contribution in [0, 0.1) is 0 Å². The van der Waals surface area contributed by atoms with E-state index in [1.54, 1.807) is 6.26 Å². The Labute approximate surface area is 173 Å². The molecule has 0 fully saturated rings. The molecule has 1 aromatic heterocycles. The summed E-state index contributed by atoms with van der Waals surface area (Å²) in [5.41, 5.74) is 4.22. The normalized spacial score (nSPS) is 10.8. The van der Waals surface area contributed by atoms with Gasteiger partial charge in [-0.2, -0.15) is 0 Å². The van der Waals surface area contributed by atoms with Crippen LogP contribution in [0.15, 0.2) is 71.3 Å². The van der Waals surface area contributed by atoms with Crippen LogP contribution in [-0.4, -0.2) is 12.6 Å². The van der Waals surface area contributed by atoms with Gasteiger partial charge in [0.1, 0.15) is 5.76 Å². The summed E-state index contributed by atoms with van der Waals surface area (Å²) in [6.45, 7) is 2.56. The molecule has 0 saturated heterocycles. The van der Waals surface area contributed by atoms with Crippen LogP contribution >= 0.6 is 0 Å². The zero-order valence-electron chi connectivity index (χ0n) is 17.2. The predicted molar refractivity (Wildman–Crippen MR) is 117 cm³/mol. The maximum Gasteiger partial charge on any atom is 0.338 e. The van der Waals surface area contributed by atoms with E-state index in [1.165, 1.54) is 37.7 Å². The number of hydrogen-bond acceptors (Lipinski definition) is 3. The fourth-order valence-corrected chi connectivity index (χ4v) is 3.38. The minimum atomic E-state index is -0.304. The molecule has 1 heterocycles. The molecule has 0 saturated carbocycles. The van der Waals surface area contributed by atoms with Gasteiger partial charge >= 0.3 is 5.97 Å². The average Bonchev–Trinajstić information content (AvgIpc) is 3.28. The van der Waals surface area contributed by atoms with Gasteiger partial charge in [0.15, 0.2) is 0 Å². The van der Waals surface area contributed by atoms with Crippen molar-refractivity contribution >= 4 is 5.97 Å². The van der Waals surface area contributed by atoms with Gasteiger partial charge in [-0.3, -0.25) is 0 Å². The molecule has 3 nitrogen and oxygen atoms in total. The Morgan fingerprint density at radius 3 is 2.17 bits per heavy atom. The molecule has 3 heteroatoms. The van der Waals surface area contributed by atoms with Crippen LogP contribution in [0.25, 0.3) is 11.1 Å². The molecule has 0 unspecified atom stereocenters. The summed E-state index contributed by atoms with van der Waals surface area (Å²) in [6, 6.07) is 20.1. The van der Waals surface area contributed by atoms with Gasteiger partial charge in [0, 0.05) is 6.42 Å². The maximum atomic E-state index is 12.2. The van der Waals surface area contributed by atoms with Crippen molar-refractivity contribution < 1.29 is 13.9 Å². The van der Waals surface area contributed by atoms with E-state index in [1.807, 2.05) is 36.4 Å². The van der Waals surface area contributed by atoms with Crippen molar-refractivity contribution in [3.8, 4) is 11.1 Å². The molecular formula is C26H30O3. The lowest BCUT2D eigenvalue weighted by atomic mass is 10.00. The summed E-state index contributed by atoms with van der Waals surface area (Å²) in [5.74, 6) is 0.513. The fraction of sp³-hybridized carbons (Fsp3) is 0.346. The Balaban J connectivity index is 1.48. The van der Waals surface area contributed by atoms with Crippen LogP contribution in [0.5, 0.6) is 0 Å². The topological polar surface area (TPSA) is 39.4 Å². The van der Waals surface area contributed by atoms with E-state index in [-0.39, 0.29) is 5.97 Å². The molecule has 0 N–H and O–H groups in total. The zero-order chi connectivity index (χ0) is 20.3. The molecule has 3 aromatic rings. The van der Waals surface area contributed by atoms with Crippen molar-refractivity contribution in [1.29, 1.82) is 0 Å². The van der Waals surface area contributed by atoms with Crippen molar-refractivity contribution in [1.82, 2.24) is 0 Å². The summed E-state index contributed by atoms with van der Waals surface area (Å²) >= 11 is 0. The van der Waals surface area contributed by atoms with Crippen LogP contribution in [0.2, 0.25) is 0 Å². The number of furan rings is 1. The van der Waals surface area contributed by atoms with Crippen molar-refractivity contribution in [2.45, 2.75) is 51.9 Å². The third kappa shape index (κ3) is 6.63. The first-order valence-electron chi connectivity index (χ1n) is 10.6. The number of carbonyl (C=O) groups is 1. The zero-order valence-corrected chi connectivity index (χ0v) is 17.2. The number of benzene rings is 2. The van der Waals surface area contributed by atoms with Gasteiger partial charge in [-0.1, -0.05) is 69.0 Å². The van der Waals surface area contributed by atoms with Crippen LogP contribution in [-0.2, 0) is 17.6 Å². The first-order valence-corrected chi connectivity index (χ1v) is 10.6. The SMILES string of the molecule is CCCCCCCc1ccc(-c2ccc(C(=O)OCCc3ccco3)cc2)cc1. The summed E-state index contributed by atoms with van der Waals surface area (Å²) < 4.78 is 10.6. The lowest BCUT2D eigenvalue weighted by Gasteiger charge is -2.07. The second-order valence-electron chi connectivity index (χ2n) is 7.40. The van der Waals surface area contributed by atoms with Crippen LogP contribution < -0.4 is 0 Å². The standard InChI is InChI=1S/C26H30O3/c1-2-3-4-5-6-8-21-10-12-22(13-11-21)23-14-16-24(17-15-23)26(27)29-20-18-25-9-7-19-28-25/h7,9-17,19H,2-6,8,18,20H2,1H3. The van der Waals surface area contributed by atoms with Crippen molar-refractivity contribution in [3.63, 3.8) is 0 Å². The van der Waals surface area contributed by atoms with Gasteiger partial charge < -0.3 is 9.15 Å². The van der Waals surface area contributed by atoms with Crippen LogP contribution in [0.4, 0.5) is 0 Å². The highest BCUT2D eigenvalue weighted by Gasteiger charge is 2.08. The molecule has 3 rings (SSSR count). The van der Waals surface area contributed by atoms with E-state index < -0.39 is 0 Å². The molecule has 0 radical (unpaired) electrons. The average molecular weight is 391 g/mol. The minimum Gasteiger partial charge on any atom is -0.469 e. The van der Waals surface area contributed by atoms with Gasteiger partial charge in [-0.25, -0.2) is 4.79 Å². The highest BCUT2D eigenvalue weighted by molar-refractivity contribution is 5.90. The molecule has 0 spiro atoms. The van der Waals surface area contributed by atoms with E-state index >= 15 is 0 Å². The third-order valence-electron chi connectivity index (χ3n) is 5.14. The van der Waals surface area contributed by atoms with E-state index in [0.717, 1.165) is 23.3 Å². The van der Waals surface area contributed by atoms with E-state index in [9.17, 15) is 4.79 Å². The Morgan fingerprint density at radius 1 is 0.828 bits per heavy atom. The smallest absolute Gasteiger partial charge is 0.338 e. The number of carbonyl (C=O) groups excluding carboxylic acids is 1. The Hall–Kier alpha value is -2.81. The second-order valence-corrected chi connectivity index (χ2v) is 7.40. The van der Waals surface area contributed by atoms with Crippen molar-refractivity contribution in [3.05, 3.63) is 83.8 Å². The van der Waals surface area contributed by atoms with E-state index in [4.69, 9.17) is 9.15 Å². The number of esters is 1. The Bertz CT molecular complexity index is 846. The van der Waals surface area contributed by atoms with Gasteiger partial charge in [0.25, 0.3) is 0 Å². The first-order chi connectivity index (χ1) is 14.3. The summed E-state index contributed by atoms with van der Waals surface area (Å²) in [5, 5.41) is 0. The van der Waals surface area contributed by atoms with Crippen LogP contribution in [0.1, 0.15) is 60.7 Å². The van der Waals surface area contributed by atoms with Gasteiger partial charge in [-0.15, -0.1) is 0 Å². The molecule has 0 bridgehead atoms. The maximum absolute atomic E-state index is 12.2. The number of aryl methyl sites for hydroxylation is 1. The molecule has 0 amide bonds. The number of hydrogen-bond donors (Lipinski definition) is 0. The first kappa shape index (κ1) is 20.9. The molecule has 0 aliphatic rings. The Morgan fingerprint density at radius 2 is 1.52 bits per heavy atom. The van der Waals surface area contributed by atoms with E-state index in [0.29, 0.717) is 18.6 Å². The highest BCUT2D eigenvalue weighted by atomic mass is 16.5. The molecule has 0 aliphatic heterocycles. The molecular weight excluding hydrogens is 360 g/mol. The molecule has 152 valence electrons. The summed E-state index contributed by atoms with van der Waals surface area (Å²) in [6.07, 6.45) is 9.89. The quantitative estimate of drug-likeness (QED) is 0.265. The fourth-order valence-electron chi connectivity index (χ4n) is 3.38. The summed E-state index contributed by atoms with van der Waals surface area (Å²) in [7, 11) is 0. The minimum absolute atomic E-state index is 0.304. The predicted octanol–water partition coefficient (Wildman–Crippen LogP) is 6.86. The Kier molecular flexibility index (Phi) is 8.12. The number of unbranched alkanes of at least 4 members (excludes halogenated alkanes) is 4. The lowest BCUT2D eigenvalue weighted by Crippen LogP contribution is -2.07. The van der Waals surface area contributed by atoms with Gasteiger partial charge in [0.2, 0.25) is 0 Å². The highest BCUT2D eigenvalue weighted by Crippen LogP contribution is 2.21. The molecule has 0 aliphatic carbocycles. The molecule has 0 atom stereocenters. The monoisotopic (exact) mass is 390 g/mol. The van der Waals surface area contributed by atoms with E-state index in [2.05, 4.69) is 31.2 Å². The molecule has 2 aromatic carbocycles. The molecule has 29 heavy (non-hydrogen) atoms. The van der Waals surface area contributed by atoms with Crippen LogP contribution in [0.3, 0.4) is 0 Å². The summed E-state index contributed by atoms with van der Waals surface area (Å²) in [4.78, 5) is 12.2. The largest absolute Gasteiger partial charge is 0.469 e. The van der Waals surface area contributed by atoms with Gasteiger partial charge in [0.05, 0.1) is 18.4 Å². The van der Waals surface area contributed by atoms with Crippen molar-refractivity contribution in [2.24, 2.45) is 0 Å². The second kappa shape index (κ2) is 11.3.